The van der Waals surface area contributed by atoms with E-state index in [1.807, 2.05) is 12.1 Å². The molecule has 10 aromatic rings. The number of anilines is 3. The van der Waals surface area contributed by atoms with Crippen LogP contribution in [-0.4, -0.2) is 0 Å². The lowest BCUT2D eigenvalue weighted by atomic mass is 9.79. The molecule has 2 aliphatic rings. The molecular weight excluding hydrogens is 751 g/mol. The molecule has 62 heavy (non-hydrogen) atoms. The lowest BCUT2D eigenvalue weighted by Crippen LogP contribution is -2.16. The summed E-state index contributed by atoms with van der Waals surface area (Å²) in [5, 5.41) is 2.27. The molecule has 2 heteroatoms. The van der Waals surface area contributed by atoms with Gasteiger partial charge in [-0.2, -0.15) is 0 Å². The second kappa shape index (κ2) is 13.5. The summed E-state index contributed by atoms with van der Waals surface area (Å²) in [5.41, 5.74) is 23.0. The molecule has 12 rings (SSSR count). The first-order valence-electron chi connectivity index (χ1n) is 21.8. The Morgan fingerprint density at radius 2 is 0.790 bits per heavy atom. The van der Waals surface area contributed by atoms with E-state index in [-0.39, 0.29) is 10.8 Å². The third-order valence-corrected chi connectivity index (χ3v) is 13.8. The van der Waals surface area contributed by atoms with Crippen molar-refractivity contribution < 1.29 is 4.42 Å². The molecule has 2 nitrogen and oxygen atoms in total. The maximum absolute atomic E-state index is 6.17. The molecule has 0 unspecified atom stereocenters. The van der Waals surface area contributed by atoms with Gasteiger partial charge in [0.25, 0.3) is 0 Å². The number of rotatable bonds is 6. The number of hydrogen-bond donors (Lipinski definition) is 0. The number of furan rings is 1. The average molecular weight is 796 g/mol. The minimum absolute atomic E-state index is 0.127. The lowest BCUT2D eigenvalue weighted by Gasteiger charge is -2.28. The molecule has 0 fully saturated rings. The number of hydrogen-bond acceptors (Lipinski definition) is 2. The first kappa shape index (κ1) is 36.4. The summed E-state index contributed by atoms with van der Waals surface area (Å²) in [7, 11) is 0. The molecule has 1 heterocycles. The topological polar surface area (TPSA) is 16.4 Å². The average Bonchev–Trinajstić information content (AvgIpc) is 3.89. The van der Waals surface area contributed by atoms with Crippen molar-refractivity contribution in [1.82, 2.24) is 0 Å². The molecule has 0 bridgehead atoms. The Kier molecular flexibility index (Phi) is 7.96. The molecule has 0 amide bonds. The maximum atomic E-state index is 6.17. The van der Waals surface area contributed by atoms with Crippen molar-refractivity contribution in [2.75, 3.05) is 4.90 Å². The van der Waals surface area contributed by atoms with Gasteiger partial charge in [0.15, 0.2) is 0 Å². The Morgan fingerprint density at radius 3 is 1.39 bits per heavy atom. The van der Waals surface area contributed by atoms with E-state index in [9.17, 15) is 0 Å². The highest BCUT2D eigenvalue weighted by atomic mass is 16.3. The van der Waals surface area contributed by atoms with Crippen LogP contribution in [0.3, 0.4) is 0 Å². The lowest BCUT2D eigenvalue weighted by molar-refractivity contribution is 0.662. The predicted octanol–water partition coefficient (Wildman–Crippen LogP) is 16.7. The molecule has 0 atom stereocenters. The largest absolute Gasteiger partial charge is 0.456 e. The molecule has 0 aliphatic heterocycles. The Labute approximate surface area is 363 Å². The highest BCUT2D eigenvalue weighted by molar-refractivity contribution is 6.06. The predicted molar refractivity (Wildman–Crippen MR) is 260 cm³/mol. The van der Waals surface area contributed by atoms with Crippen molar-refractivity contribution in [3.63, 3.8) is 0 Å². The van der Waals surface area contributed by atoms with Gasteiger partial charge in [0.05, 0.1) is 0 Å². The summed E-state index contributed by atoms with van der Waals surface area (Å²) in [4.78, 5) is 2.43. The van der Waals surface area contributed by atoms with Crippen molar-refractivity contribution in [2.24, 2.45) is 0 Å². The van der Waals surface area contributed by atoms with Crippen LogP contribution in [0.1, 0.15) is 49.9 Å². The Balaban J connectivity index is 1.00. The van der Waals surface area contributed by atoms with E-state index in [2.05, 4.69) is 221 Å². The van der Waals surface area contributed by atoms with Crippen molar-refractivity contribution in [3.8, 4) is 55.6 Å². The molecular formula is C60H45NO. The van der Waals surface area contributed by atoms with E-state index in [4.69, 9.17) is 4.42 Å². The quantitative estimate of drug-likeness (QED) is 0.167. The van der Waals surface area contributed by atoms with Gasteiger partial charge in [0.1, 0.15) is 11.2 Å². The van der Waals surface area contributed by atoms with Gasteiger partial charge in [0, 0.05) is 38.7 Å². The third-order valence-electron chi connectivity index (χ3n) is 13.8. The van der Waals surface area contributed by atoms with Gasteiger partial charge in [-0.15, -0.1) is 0 Å². The second-order valence-electron chi connectivity index (χ2n) is 18.1. The molecule has 0 N–H and O–H groups in total. The van der Waals surface area contributed by atoms with E-state index in [0.717, 1.165) is 50.1 Å². The zero-order valence-corrected chi connectivity index (χ0v) is 35.4. The zero-order valence-electron chi connectivity index (χ0n) is 35.4. The van der Waals surface area contributed by atoms with Gasteiger partial charge in [-0.25, -0.2) is 0 Å². The summed E-state index contributed by atoms with van der Waals surface area (Å²) in [6.07, 6.45) is 0. The van der Waals surface area contributed by atoms with Gasteiger partial charge >= 0.3 is 0 Å². The Hall–Kier alpha value is -7.42. The minimum atomic E-state index is -0.127. The SMILES string of the molecule is CC1(C)c2ccccc2-c2cccc(-c3cccc(N(c4ccc(-c5ccc6oc7ccccc7c6c5)cc4)c4cccc(-c5cccc6c5C(C)(C)c5ccccc5-6)c4)c3)c21. The van der Waals surface area contributed by atoms with E-state index in [1.54, 1.807) is 0 Å². The first-order chi connectivity index (χ1) is 30.3. The monoisotopic (exact) mass is 795 g/mol. The number of fused-ring (bicyclic) bond motifs is 9. The van der Waals surface area contributed by atoms with Crippen LogP contribution in [0.15, 0.2) is 205 Å². The first-order valence-corrected chi connectivity index (χ1v) is 21.8. The Morgan fingerprint density at radius 1 is 0.323 bits per heavy atom. The highest BCUT2D eigenvalue weighted by Crippen LogP contribution is 2.54. The van der Waals surface area contributed by atoms with Gasteiger partial charge in [-0.3, -0.25) is 0 Å². The van der Waals surface area contributed by atoms with Crippen LogP contribution in [-0.2, 0) is 10.8 Å². The van der Waals surface area contributed by atoms with Crippen LogP contribution >= 0.6 is 0 Å². The number of para-hydroxylation sites is 1. The molecule has 0 radical (unpaired) electrons. The highest BCUT2D eigenvalue weighted by Gasteiger charge is 2.38. The van der Waals surface area contributed by atoms with Crippen molar-refractivity contribution >= 4 is 39.0 Å². The molecule has 296 valence electrons. The van der Waals surface area contributed by atoms with E-state index < -0.39 is 0 Å². The van der Waals surface area contributed by atoms with Crippen molar-refractivity contribution in [3.05, 3.63) is 222 Å². The minimum Gasteiger partial charge on any atom is -0.456 e. The second-order valence-corrected chi connectivity index (χ2v) is 18.1. The Bertz CT molecular complexity index is 3270. The van der Waals surface area contributed by atoms with Crippen LogP contribution in [0.25, 0.3) is 77.6 Å². The summed E-state index contributed by atoms with van der Waals surface area (Å²) < 4.78 is 6.17. The fraction of sp³-hybridized carbons (Fsp3) is 0.100. The molecule has 0 saturated carbocycles. The summed E-state index contributed by atoms with van der Waals surface area (Å²) in [6.45, 7) is 9.49. The molecule has 2 aliphatic carbocycles. The fourth-order valence-electron chi connectivity index (χ4n) is 11.0. The maximum Gasteiger partial charge on any atom is 0.135 e. The van der Waals surface area contributed by atoms with Crippen LogP contribution < -0.4 is 4.90 Å². The van der Waals surface area contributed by atoms with Gasteiger partial charge in [0.2, 0.25) is 0 Å². The number of benzene rings is 9. The summed E-state index contributed by atoms with van der Waals surface area (Å²) in [5.74, 6) is 0. The number of nitrogens with zero attached hydrogens (tertiary/aromatic N) is 1. The smallest absolute Gasteiger partial charge is 0.135 e. The van der Waals surface area contributed by atoms with Gasteiger partial charge in [-0.05, 0) is 132 Å². The zero-order chi connectivity index (χ0) is 41.7. The normalized spacial score (nSPS) is 14.1. The van der Waals surface area contributed by atoms with Crippen molar-refractivity contribution in [1.29, 1.82) is 0 Å². The molecule has 0 saturated heterocycles. The molecule has 1 aromatic heterocycles. The van der Waals surface area contributed by atoms with E-state index in [1.165, 1.54) is 66.8 Å². The van der Waals surface area contributed by atoms with Gasteiger partial charge < -0.3 is 9.32 Å². The molecule has 9 aromatic carbocycles. The molecule has 0 spiro atoms. The fourth-order valence-corrected chi connectivity index (χ4v) is 11.0. The van der Waals surface area contributed by atoms with Crippen molar-refractivity contribution in [2.45, 2.75) is 38.5 Å². The van der Waals surface area contributed by atoms with Gasteiger partial charge in [-0.1, -0.05) is 173 Å². The summed E-state index contributed by atoms with van der Waals surface area (Å²) in [6, 6.07) is 73.6. The summed E-state index contributed by atoms with van der Waals surface area (Å²) >= 11 is 0. The van der Waals surface area contributed by atoms with Crippen LogP contribution in [0.2, 0.25) is 0 Å². The van der Waals surface area contributed by atoms with E-state index >= 15 is 0 Å². The van der Waals surface area contributed by atoms with Crippen LogP contribution in [0.4, 0.5) is 17.1 Å². The third kappa shape index (κ3) is 5.43. The van der Waals surface area contributed by atoms with Crippen LogP contribution in [0.5, 0.6) is 0 Å². The van der Waals surface area contributed by atoms with Crippen LogP contribution in [0, 0.1) is 0 Å². The van der Waals surface area contributed by atoms with E-state index in [0.29, 0.717) is 0 Å². The standard InChI is InChI=1S/C60H45NO/c1-59(2)53-26-8-5-19-47(53)50-24-13-22-45(57(50)59)40-15-11-17-43(35-40)61(42-32-29-38(30-33-42)39-31-34-56-52(37-39)49-21-7-10-28-55(49)62-56)44-18-12-16-41(36-44)46-23-14-25-51-48-20-6-9-27-54(48)60(3,4)58(46)51/h5-37H,1-4H3.